The topological polar surface area (TPSA) is 90.1 Å². The number of rotatable bonds is 19. The van der Waals surface area contributed by atoms with Gasteiger partial charge in [-0.3, -0.25) is 0 Å². The van der Waals surface area contributed by atoms with Crippen LogP contribution >= 0.6 is 0 Å². The average Bonchev–Trinajstić information content (AvgIpc) is 3.16. The molecule has 7 N–H and O–H groups in total. The van der Waals surface area contributed by atoms with Crippen molar-refractivity contribution in [1.82, 2.24) is 5.32 Å². The van der Waals surface area contributed by atoms with Gasteiger partial charge in [0.25, 0.3) is 0 Å². The summed E-state index contributed by atoms with van der Waals surface area (Å²) in [6.45, 7) is 13.4. The molecule has 0 aliphatic heterocycles. The maximum atomic E-state index is 6.34. The second kappa shape index (κ2) is 21.3. The Bertz CT molecular complexity index is 1370. The van der Waals surface area contributed by atoms with Gasteiger partial charge in [0, 0.05) is 24.1 Å². The quantitative estimate of drug-likeness (QED) is 0.0808. The Hall–Kier alpha value is -3.08. The molecule has 0 radical (unpaired) electrons. The summed E-state index contributed by atoms with van der Waals surface area (Å²) >= 11 is 0. The molecule has 274 valence electrons. The van der Waals surface area contributed by atoms with E-state index in [2.05, 4.69) is 93.4 Å². The second-order valence-corrected chi connectivity index (χ2v) is 15.2. The molecule has 4 aliphatic carbocycles. The van der Waals surface area contributed by atoms with E-state index in [4.69, 9.17) is 17.2 Å². The monoisotopic (exact) mass is 679 g/mol. The van der Waals surface area contributed by atoms with E-state index in [1.807, 2.05) is 12.3 Å². The van der Waals surface area contributed by atoms with Gasteiger partial charge in [0.05, 0.1) is 0 Å². The van der Waals surface area contributed by atoms with Crippen LogP contribution in [-0.4, -0.2) is 19.6 Å². The molecule has 50 heavy (non-hydrogen) atoms. The maximum absolute atomic E-state index is 6.34. The first-order valence-electron chi connectivity index (χ1n) is 20.1. The predicted octanol–water partition coefficient (Wildman–Crippen LogP) is 10.4. The normalized spacial score (nSPS) is 25.7. The Kier molecular flexibility index (Phi) is 16.9. The summed E-state index contributed by atoms with van der Waals surface area (Å²) in [5.41, 5.74) is 28.5. The zero-order valence-electron chi connectivity index (χ0n) is 31.9. The van der Waals surface area contributed by atoms with Crippen LogP contribution in [0.25, 0.3) is 0 Å². The third-order valence-corrected chi connectivity index (χ3v) is 12.2. The molecule has 0 heterocycles. The molecule has 0 spiro atoms. The van der Waals surface area contributed by atoms with E-state index in [1.165, 1.54) is 90.5 Å². The van der Waals surface area contributed by atoms with Gasteiger partial charge in [-0.15, -0.1) is 0 Å². The van der Waals surface area contributed by atoms with Gasteiger partial charge >= 0.3 is 0 Å². The van der Waals surface area contributed by atoms with Gasteiger partial charge in [-0.2, -0.15) is 0 Å². The summed E-state index contributed by atoms with van der Waals surface area (Å²) in [6.07, 6.45) is 43.9. The van der Waals surface area contributed by atoms with Crippen LogP contribution in [0.4, 0.5) is 0 Å². The Morgan fingerprint density at radius 1 is 1.02 bits per heavy atom. The average molecular weight is 679 g/mol. The summed E-state index contributed by atoms with van der Waals surface area (Å²) in [4.78, 5) is 0. The van der Waals surface area contributed by atoms with Gasteiger partial charge in [0.2, 0.25) is 0 Å². The van der Waals surface area contributed by atoms with Crippen LogP contribution in [0.2, 0.25) is 0 Å². The largest absolute Gasteiger partial charge is 0.405 e. The number of hydrogen-bond acceptors (Lipinski definition) is 4. The lowest BCUT2D eigenvalue weighted by atomic mass is 9.71. The summed E-state index contributed by atoms with van der Waals surface area (Å²) in [5, 5.41) is 3.97. The van der Waals surface area contributed by atoms with Crippen LogP contribution in [0.1, 0.15) is 111 Å². The molecule has 0 bridgehead atoms. The van der Waals surface area contributed by atoms with E-state index in [0.29, 0.717) is 35.5 Å². The highest BCUT2D eigenvalue weighted by atomic mass is 14.9. The molecule has 4 rings (SSSR count). The minimum Gasteiger partial charge on any atom is -0.405 e. The van der Waals surface area contributed by atoms with Crippen LogP contribution < -0.4 is 22.5 Å². The molecule has 4 aliphatic rings. The van der Waals surface area contributed by atoms with Gasteiger partial charge in [-0.25, -0.2) is 0 Å². The van der Waals surface area contributed by atoms with Crippen molar-refractivity contribution in [1.29, 1.82) is 0 Å². The first-order chi connectivity index (χ1) is 24.5. The molecule has 4 nitrogen and oxygen atoms in total. The summed E-state index contributed by atoms with van der Waals surface area (Å²) < 4.78 is 0. The van der Waals surface area contributed by atoms with Gasteiger partial charge < -0.3 is 22.5 Å². The molecule has 6 atom stereocenters. The second-order valence-electron chi connectivity index (χ2n) is 15.2. The van der Waals surface area contributed by atoms with E-state index in [-0.39, 0.29) is 0 Å². The fourth-order valence-corrected chi connectivity index (χ4v) is 8.77. The van der Waals surface area contributed by atoms with E-state index >= 15 is 0 Å². The lowest BCUT2D eigenvalue weighted by molar-refractivity contribution is 0.392. The van der Waals surface area contributed by atoms with E-state index in [0.717, 1.165) is 58.2 Å². The van der Waals surface area contributed by atoms with Gasteiger partial charge in [0.15, 0.2) is 0 Å². The SMILES string of the molecule is C=C/C=C(\CC1C=CCCC1)NCC(C1=CCC(/C(=C/N)CC)C=C1)C1CCC=C/C1=C(/C)C1=CC=C(C(CN)CCCC(CC)CN)CC1. The zero-order valence-corrected chi connectivity index (χ0v) is 31.9. The molecule has 4 heteroatoms. The van der Waals surface area contributed by atoms with Crippen molar-refractivity contribution in [3.05, 3.63) is 119 Å². The van der Waals surface area contributed by atoms with Crippen LogP contribution in [-0.2, 0) is 0 Å². The van der Waals surface area contributed by atoms with Crippen molar-refractivity contribution in [3.8, 4) is 0 Å². The number of hydrogen-bond donors (Lipinski definition) is 4. The summed E-state index contributed by atoms with van der Waals surface area (Å²) in [6, 6.07) is 0. The lowest BCUT2D eigenvalue weighted by Gasteiger charge is -2.35. The van der Waals surface area contributed by atoms with Gasteiger partial charge in [0.1, 0.15) is 0 Å². The molecule has 6 unspecified atom stereocenters. The molecule has 0 aromatic rings. The van der Waals surface area contributed by atoms with Crippen LogP contribution in [0.3, 0.4) is 0 Å². The summed E-state index contributed by atoms with van der Waals surface area (Å²) in [7, 11) is 0. The minimum atomic E-state index is 0.376. The van der Waals surface area contributed by atoms with Crippen molar-refractivity contribution in [2.45, 2.75) is 111 Å². The third-order valence-electron chi connectivity index (χ3n) is 12.2. The fraction of sp³-hybridized carbons (Fsp3) is 0.565. The Morgan fingerprint density at radius 2 is 1.88 bits per heavy atom. The Morgan fingerprint density at radius 3 is 2.50 bits per heavy atom. The van der Waals surface area contributed by atoms with Crippen LogP contribution in [0.15, 0.2) is 119 Å². The van der Waals surface area contributed by atoms with Crippen molar-refractivity contribution < 1.29 is 0 Å². The zero-order chi connectivity index (χ0) is 35.7. The van der Waals surface area contributed by atoms with Crippen LogP contribution in [0, 0.1) is 35.5 Å². The molecule has 0 aromatic carbocycles. The van der Waals surface area contributed by atoms with E-state index in [9.17, 15) is 0 Å². The maximum Gasteiger partial charge on any atom is 0.0218 e. The molecular weight excluding hydrogens is 609 g/mol. The number of allylic oxidation sites excluding steroid dienone is 16. The van der Waals surface area contributed by atoms with E-state index < -0.39 is 0 Å². The highest BCUT2D eigenvalue weighted by Crippen LogP contribution is 2.42. The van der Waals surface area contributed by atoms with Crippen molar-refractivity contribution in [3.63, 3.8) is 0 Å². The Labute approximate surface area is 306 Å². The smallest absolute Gasteiger partial charge is 0.0218 e. The molecule has 0 saturated heterocycles. The summed E-state index contributed by atoms with van der Waals surface area (Å²) in [5.74, 6) is 2.96. The van der Waals surface area contributed by atoms with E-state index in [1.54, 1.807) is 0 Å². The molecule has 0 fully saturated rings. The highest BCUT2D eigenvalue weighted by Gasteiger charge is 2.31. The first kappa shape index (κ1) is 39.7. The first-order valence-corrected chi connectivity index (χ1v) is 20.1. The molecular formula is C46H70N4. The minimum absolute atomic E-state index is 0.376. The number of nitrogens with two attached hydrogens (primary N) is 3. The highest BCUT2D eigenvalue weighted by molar-refractivity contribution is 5.46. The Balaban J connectivity index is 1.58. The lowest BCUT2D eigenvalue weighted by Crippen LogP contribution is -2.32. The van der Waals surface area contributed by atoms with Crippen LogP contribution in [0.5, 0.6) is 0 Å². The van der Waals surface area contributed by atoms with Gasteiger partial charge in [-0.05, 0) is 161 Å². The molecule has 0 saturated carbocycles. The molecule has 0 aromatic heterocycles. The van der Waals surface area contributed by atoms with Crippen molar-refractivity contribution in [2.24, 2.45) is 52.7 Å². The van der Waals surface area contributed by atoms with Crippen molar-refractivity contribution >= 4 is 0 Å². The third kappa shape index (κ3) is 11.2. The predicted molar refractivity (Wildman–Crippen MR) is 218 cm³/mol. The molecule has 0 amide bonds. The van der Waals surface area contributed by atoms with Gasteiger partial charge in [-0.1, -0.05) is 99.6 Å². The fourth-order valence-electron chi connectivity index (χ4n) is 8.77. The standard InChI is InChI=1S/C46H70N4/c1-5-14-43(29-36-15-9-8-10-16-36)50-33-46(41-27-25-39(26-28-41)37(7-3)31-48)45-20-12-11-19-44(45)34(4)38-21-23-40(24-22-38)42(32-49)18-13-17-35(6-2)30-47/h5,9,11,14-15,19,21,23,25,27-28,31,35-36,39,42,45-46,50H,1,6-8,10,12-13,16-18,20,22,24,26,29-30,32-33,47-49H2,2-4H3/b37-31+,43-14+,44-34+. The number of nitrogens with one attached hydrogen (secondary N) is 1. The van der Waals surface area contributed by atoms with Crippen molar-refractivity contribution in [2.75, 3.05) is 19.6 Å².